The van der Waals surface area contributed by atoms with Gasteiger partial charge in [0, 0.05) is 23.5 Å². The molecule has 0 aliphatic heterocycles. The average molecular weight is 253 g/mol. The van der Waals surface area contributed by atoms with Crippen molar-refractivity contribution in [1.82, 2.24) is 15.2 Å². The highest BCUT2D eigenvalue weighted by molar-refractivity contribution is 7.17. The van der Waals surface area contributed by atoms with Crippen molar-refractivity contribution in [3.05, 3.63) is 54.4 Å². The van der Waals surface area contributed by atoms with Gasteiger partial charge in [-0.05, 0) is 25.1 Å². The van der Waals surface area contributed by atoms with Crippen LogP contribution in [0.4, 0.5) is 0 Å². The minimum Gasteiger partial charge on any atom is -0.265 e. The fraction of sp³-hybridized carbons (Fsp3) is 0.0714. The Bertz CT molecular complexity index is 662. The zero-order valence-corrected chi connectivity index (χ0v) is 10.7. The van der Waals surface area contributed by atoms with E-state index in [1.54, 1.807) is 23.7 Å². The third-order valence-electron chi connectivity index (χ3n) is 2.62. The van der Waals surface area contributed by atoms with E-state index in [1.807, 2.05) is 18.2 Å². The molecule has 3 rings (SSSR count). The van der Waals surface area contributed by atoms with Crippen LogP contribution in [0.2, 0.25) is 0 Å². The first-order chi connectivity index (χ1) is 8.83. The van der Waals surface area contributed by atoms with E-state index in [2.05, 4.69) is 40.3 Å². The largest absolute Gasteiger partial charge is 0.265 e. The topological polar surface area (TPSA) is 38.7 Å². The molecule has 0 unspecified atom stereocenters. The number of benzene rings is 1. The van der Waals surface area contributed by atoms with Gasteiger partial charge in [-0.25, -0.2) is 0 Å². The maximum atomic E-state index is 4.25. The molecule has 88 valence electrons. The first kappa shape index (κ1) is 11.0. The van der Waals surface area contributed by atoms with Crippen molar-refractivity contribution < 1.29 is 0 Å². The predicted molar refractivity (Wildman–Crippen MR) is 73.3 cm³/mol. The van der Waals surface area contributed by atoms with Crippen LogP contribution in [0.5, 0.6) is 0 Å². The molecular weight excluding hydrogens is 242 g/mol. The summed E-state index contributed by atoms with van der Waals surface area (Å²) in [7, 11) is 0. The molecule has 0 spiro atoms. The summed E-state index contributed by atoms with van der Waals surface area (Å²) in [6.45, 7) is 2.08. The molecule has 0 atom stereocenters. The van der Waals surface area contributed by atoms with Crippen LogP contribution in [0, 0.1) is 6.92 Å². The Morgan fingerprint density at radius 2 is 1.61 bits per heavy atom. The van der Waals surface area contributed by atoms with Gasteiger partial charge in [0.15, 0.2) is 0 Å². The zero-order valence-electron chi connectivity index (χ0n) is 9.87. The average Bonchev–Trinajstić information content (AvgIpc) is 2.89. The molecule has 0 aliphatic carbocycles. The van der Waals surface area contributed by atoms with Crippen LogP contribution in [-0.2, 0) is 0 Å². The van der Waals surface area contributed by atoms with Gasteiger partial charge in [-0.1, -0.05) is 35.1 Å². The minimum atomic E-state index is 0.925. The number of hydrogen-bond acceptors (Lipinski definition) is 4. The van der Waals surface area contributed by atoms with Gasteiger partial charge in [0.25, 0.3) is 0 Å². The standard InChI is InChI=1S/C14H11N3S/c1-10-3-2-4-12(9-10)14-17-16-13(18-14)11-5-7-15-8-6-11/h2-9H,1H3. The number of hydrogen-bond donors (Lipinski definition) is 0. The summed E-state index contributed by atoms with van der Waals surface area (Å²) in [5.41, 5.74) is 3.40. The molecule has 0 saturated heterocycles. The molecule has 1 aromatic carbocycles. The van der Waals surface area contributed by atoms with Crippen molar-refractivity contribution in [2.45, 2.75) is 6.92 Å². The lowest BCUT2D eigenvalue weighted by atomic mass is 10.1. The molecule has 0 saturated carbocycles. The van der Waals surface area contributed by atoms with Crippen molar-refractivity contribution in [2.75, 3.05) is 0 Å². The van der Waals surface area contributed by atoms with E-state index in [4.69, 9.17) is 0 Å². The molecule has 0 fully saturated rings. The van der Waals surface area contributed by atoms with Crippen LogP contribution in [0.3, 0.4) is 0 Å². The zero-order chi connectivity index (χ0) is 12.4. The number of nitrogens with zero attached hydrogens (tertiary/aromatic N) is 3. The quantitative estimate of drug-likeness (QED) is 0.700. The molecule has 4 heteroatoms. The lowest BCUT2D eigenvalue weighted by molar-refractivity contribution is 1.10. The van der Waals surface area contributed by atoms with Gasteiger partial charge in [-0.3, -0.25) is 4.98 Å². The summed E-state index contributed by atoms with van der Waals surface area (Å²) in [6.07, 6.45) is 3.53. The first-order valence-corrected chi connectivity index (χ1v) is 6.45. The Labute approximate surface area is 109 Å². The van der Waals surface area contributed by atoms with Crippen LogP contribution in [0.25, 0.3) is 21.1 Å². The Kier molecular flexibility index (Phi) is 2.86. The Hall–Kier alpha value is -2.07. The molecule has 0 N–H and O–H groups in total. The lowest BCUT2D eigenvalue weighted by Gasteiger charge is -1.96. The summed E-state index contributed by atoms with van der Waals surface area (Å²) >= 11 is 1.60. The molecule has 2 heterocycles. The van der Waals surface area contributed by atoms with E-state index in [0.717, 1.165) is 21.1 Å². The van der Waals surface area contributed by atoms with Gasteiger partial charge >= 0.3 is 0 Å². The number of aryl methyl sites for hydroxylation is 1. The lowest BCUT2D eigenvalue weighted by Crippen LogP contribution is -1.78. The maximum absolute atomic E-state index is 4.25. The highest BCUT2D eigenvalue weighted by atomic mass is 32.1. The van der Waals surface area contributed by atoms with Crippen LogP contribution in [0.1, 0.15) is 5.56 Å². The number of rotatable bonds is 2. The normalized spacial score (nSPS) is 10.5. The van der Waals surface area contributed by atoms with Gasteiger partial charge in [0.2, 0.25) is 0 Å². The Morgan fingerprint density at radius 3 is 2.33 bits per heavy atom. The smallest absolute Gasteiger partial charge is 0.148 e. The van der Waals surface area contributed by atoms with E-state index >= 15 is 0 Å². The fourth-order valence-corrected chi connectivity index (χ4v) is 2.57. The molecule has 18 heavy (non-hydrogen) atoms. The fourth-order valence-electron chi connectivity index (χ4n) is 1.73. The Morgan fingerprint density at radius 1 is 0.889 bits per heavy atom. The summed E-state index contributed by atoms with van der Waals surface area (Å²) in [4.78, 5) is 4.00. The van der Waals surface area contributed by atoms with Crippen molar-refractivity contribution in [3.63, 3.8) is 0 Å². The Balaban J connectivity index is 2.00. The summed E-state index contributed by atoms with van der Waals surface area (Å²) in [6, 6.07) is 12.2. The van der Waals surface area contributed by atoms with Crippen molar-refractivity contribution in [1.29, 1.82) is 0 Å². The highest BCUT2D eigenvalue weighted by Crippen LogP contribution is 2.29. The monoisotopic (exact) mass is 253 g/mol. The van der Waals surface area contributed by atoms with Crippen LogP contribution in [-0.4, -0.2) is 15.2 Å². The van der Waals surface area contributed by atoms with Gasteiger partial charge in [-0.2, -0.15) is 0 Å². The summed E-state index contributed by atoms with van der Waals surface area (Å²) in [5.74, 6) is 0. The SMILES string of the molecule is Cc1cccc(-c2nnc(-c3ccncc3)s2)c1. The van der Waals surface area contributed by atoms with Gasteiger partial charge in [0.05, 0.1) is 0 Å². The number of aromatic nitrogens is 3. The molecule has 0 amide bonds. The van der Waals surface area contributed by atoms with E-state index in [0.29, 0.717) is 0 Å². The van der Waals surface area contributed by atoms with Crippen molar-refractivity contribution in [3.8, 4) is 21.1 Å². The van der Waals surface area contributed by atoms with Gasteiger partial charge < -0.3 is 0 Å². The highest BCUT2D eigenvalue weighted by Gasteiger charge is 2.08. The predicted octanol–water partition coefficient (Wildman–Crippen LogP) is 3.58. The van der Waals surface area contributed by atoms with E-state index in [9.17, 15) is 0 Å². The molecule has 2 aromatic heterocycles. The molecule has 3 aromatic rings. The van der Waals surface area contributed by atoms with Crippen molar-refractivity contribution in [2.24, 2.45) is 0 Å². The second-order valence-corrected chi connectivity index (χ2v) is 5.00. The summed E-state index contributed by atoms with van der Waals surface area (Å²) < 4.78 is 0. The van der Waals surface area contributed by atoms with Crippen LogP contribution < -0.4 is 0 Å². The molecule has 0 aliphatic rings. The van der Waals surface area contributed by atoms with Gasteiger partial charge in [0.1, 0.15) is 10.0 Å². The second-order valence-electron chi connectivity index (χ2n) is 4.02. The molecule has 0 radical (unpaired) electrons. The van der Waals surface area contributed by atoms with Crippen molar-refractivity contribution >= 4 is 11.3 Å². The second kappa shape index (κ2) is 4.66. The van der Waals surface area contributed by atoms with Crippen LogP contribution in [0.15, 0.2) is 48.8 Å². The third kappa shape index (κ3) is 2.15. The minimum absolute atomic E-state index is 0.925. The van der Waals surface area contributed by atoms with E-state index < -0.39 is 0 Å². The number of pyridine rings is 1. The van der Waals surface area contributed by atoms with Crippen LogP contribution >= 0.6 is 11.3 Å². The molecular formula is C14H11N3S. The molecule has 3 nitrogen and oxygen atoms in total. The third-order valence-corrected chi connectivity index (χ3v) is 3.64. The molecule has 0 bridgehead atoms. The van der Waals surface area contributed by atoms with E-state index in [-0.39, 0.29) is 0 Å². The van der Waals surface area contributed by atoms with E-state index in [1.165, 1.54) is 5.56 Å². The summed E-state index contributed by atoms with van der Waals surface area (Å²) in [5, 5.41) is 10.4. The maximum Gasteiger partial charge on any atom is 0.148 e. The first-order valence-electron chi connectivity index (χ1n) is 5.64. The van der Waals surface area contributed by atoms with Gasteiger partial charge in [-0.15, -0.1) is 10.2 Å².